The third kappa shape index (κ3) is 3.70. The first-order valence-electron chi connectivity index (χ1n) is 6.88. The first-order chi connectivity index (χ1) is 11.5. The lowest BCUT2D eigenvalue weighted by Crippen LogP contribution is -2.05. The molecule has 0 atom stereocenters. The molecule has 1 N–H and O–H groups in total. The number of halogens is 3. The van der Waals surface area contributed by atoms with Gasteiger partial charge in [0.25, 0.3) is 0 Å². The lowest BCUT2D eigenvalue weighted by molar-refractivity contribution is -0.137. The maximum atomic E-state index is 12.8. The smallest absolute Gasteiger partial charge is 0.355 e. The van der Waals surface area contributed by atoms with Gasteiger partial charge in [-0.15, -0.1) is 10.2 Å². The Hall–Kier alpha value is -2.06. The maximum absolute atomic E-state index is 12.8. The quantitative estimate of drug-likeness (QED) is 0.601. The minimum absolute atomic E-state index is 0.367. The molecular formula is C16H12F3N3S2. The molecule has 0 spiro atoms. The highest BCUT2D eigenvalue weighted by atomic mass is 32.2. The van der Waals surface area contributed by atoms with Gasteiger partial charge in [0.2, 0.25) is 0 Å². The zero-order chi connectivity index (χ0) is 17.2. The second kappa shape index (κ2) is 6.82. The molecule has 8 heteroatoms. The van der Waals surface area contributed by atoms with Gasteiger partial charge < -0.3 is 5.32 Å². The third-order valence-electron chi connectivity index (χ3n) is 3.21. The largest absolute Gasteiger partial charge is 0.416 e. The van der Waals surface area contributed by atoms with E-state index in [1.807, 2.05) is 24.5 Å². The summed E-state index contributed by atoms with van der Waals surface area (Å²) in [6.07, 6.45) is -2.46. The molecule has 2 aromatic carbocycles. The monoisotopic (exact) mass is 367 g/mol. The Labute approximate surface area is 144 Å². The zero-order valence-corrected chi connectivity index (χ0v) is 14.1. The molecule has 3 rings (SSSR count). The number of benzene rings is 2. The molecule has 0 bridgehead atoms. The average molecular weight is 367 g/mol. The minimum atomic E-state index is -4.37. The summed E-state index contributed by atoms with van der Waals surface area (Å²) in [5, 5.41) is 12.0. The molecule has 124 valence electrons. The predicted molar refractivity (Wildman–Crippen MR) is 91.9 cm³/mol. The molecule has 3 nitrogen and oxygen atoms in total. The van der Waals surface area contributed by atoms with E-state index in [1.54, 1.807) is 12.1 Å². The van der Waals surface area contributed by atoms with Crippen LogP contribution in [-0.4, -0.2) is 16.5 Å². The van der Waals surface area contributed by atoms with Crippen LogP contribution in [0.25, 0.3) is 10.6 Å². The Morgan fingerprint density at radius 2 is 1.83 bits per heavy atom. The van der Waals surface area contributed by atoms with Gasteiger partial charge in [-0.05, 0) is 36.6 Å². The van der Waals surface area contributed by atoms with Crippen LogP contribution in [0.15, 0.2) is 52.9 Å². The highest BCUT2D eigenvalue weighted by molar-refractivity contribution is 8.00. The zero-order valence-electron chi connectivity index (χ0n) is 12.5. The Balaban J connectivity index is 1.94. The van der Waals surface area contributed by atoms with Crippen molar-refractivity contribution < 1.29 is 13.2 Å². The van der Waals surface area contributed by atoms with Crippen LogP contribution in [0, 0.1) is 0 Å². The highest BCUT2D eigenvalue weighted by Crippen LogP contribution is 2.35. The van der Waals surface area contributed by atoms with Crippen molar-refractivity contribution in [3.63, 3.8) is 0 Å². The molecule has 0 saturated heterocycles. The van der Waals surface area contributed by atoms with Crippen molar-refractivity contribution in [1.82, 2.24) is 10.2 Å². The normalized spacial score (nSPS) is 11.5. The SMILES string of the molecule is CSc1nnc(-c2ccccc2Nc2cccc(C(F)(F)F)c2)s1. The van der Waals surface area contributed by atoms with E-state index >= 15 is 0 Å². The number of thioether (sulfide) groups is 1. The van der Waals surface area contributed by atoms with E-state index in [0.29, 0.717) is 11.4 Å². The van der Waals surface area contributed by atoms with Crippen LogP contribution in [0.1, 0.15) is 5.56 Å². The number of rotatable bonds is 4. The topological polar surface area (TPSA) is 37.8 Å². The third-order valence-corrected chi connectivity index (χ3v) is 5.14. The van der Waals surface area contributed by atoms with Crippen LogP contribution < -0.4 is 5.32 Å². The second-order valence-electron chi connectivity index (χ2n) is 4.83. The number of nitrogens with one attached hydrogen (secondary N) is 1. The summed E-state index contributed by atoms with van der Waals surface area (Å²) >= 11 is 2.94. The summed E-state index contributed by atoms with van der Waals surface area (Å²) in [6.45, 7) is 0. The van der Waals surface area contributed by atoms with Crippen molar-refractivity contribution >= 4 is 34.5 Å². The Bertz CT molecular complexity index is 846. The van der Waals surface area contributed by atoms with E-state index < -0.39 is 11.7 Å². The fraction of sp³-hybridized carbons (Fsp3) is 0.125. The molecule has 3 aromatic rings. The summed E-state index contributed by atoms with van der Waals surface area (Å²) < 4.78 is 39.4. The van der Waals surface area contributed by atoms with E-state index in [9.17, 15) is 13.2 Å². The lowest BCUT2D eigenvalue weighted by atomic mass is 10.1. The van der Waals surface area contributed by atoms with Gasteiger partial charge in [0, 0.05) is 16.9 Å². The lowest BCUT2D eigenvalue weighted by Gasteiger charge is -2.12. The highest BCUT2D eigenvalue weighted by Gasteiger charge is 2.30. The Morgan fingerprint density at radius 3 is 2.54 bits per heavy atom. The van der Waals surface area contributed by atoms with E-state index in [4.69, 9.17) is 0 Å². The number of hydrogen-bond acceptors (Lipinski definition) is 5. The average Bonchev–Trinajstić information content (AvgIpc) is 3.04. The summed E-state index contributed by atoms with van der Waals surface area (Å²) in [5.41, 5.74) is 1.16. The molecule has 0 amide bonds. The number of anilines is 2. The van der Waals surface area contributed by atoms with Gasteiger partial charge in [0.15, 0.2) is 9.35 Å². The van der Waals surface area contributed by atoms with Crippen LogP contribution in [0.5, 0.6) is 0 Å². The van der Waals surface area contributed by atoms with E-state index in [-0.39, 0.29) is 0 Å². The van der Waals surface area contributed by atoms with Crippen molar-refractivity contribution in [2.45, 2.75) is 10.5 Å². The van der Waals surface area contributed by atoms with Gasteiger partial charge >= 0.3 is 6.18 Å². The summed E-state index contributed by atoms with van der Waals surface area (Å²) in [6, 6.07) is 12.4. The molecule has 0 saturated carbocycles. The summed E-state index contributed by atoms with van der Waals surface area (Å²) in [4.78, 5) is 0. The molecule has 0 aliphatic heterocycles. The standard InChI is InChI=1S/C16H12F3N3S2/c1-23-15-22-21-14(24-15)12-7-2-3-8-13(12)20-11-6-4-5-10(9-11)16(17,18)19/h2-9,20H,1H3. The number of nitrogens with zero attached hydrogens (tertiary/aromatic N) is 2. The second-order valence-corrected chi connectivity index (χ2v) is 6.86. The van der Waals surface area contributed by atoms with Gasteiger partial charge in [-0.1, -0.05) is 41.3 Å². The van der Waals surface area contributed by atoms with Crippen molar-refractivity contribution in [3.8, 4) is 10.6 Å². The number of aromatic nitrogens is 2. The molecule has 0 unspecified atom stereocenters. The van der Waals surface area contributed by atoms with Crippen LogP contribution in [0.4, 0.5) is 24.5 Å². The van der Waals surface area contributed by atoms with Crippen LogP contribution in [0.3, 0.4) is 0 Å². The van der Waals surface area contributed by atoms with Crippen LogP contribution >= 0.6 is 23.1 Å². The molecule has 0 fully saturated rings. The Kier molecular flexibility index (Phi) is 4.77. The van der Waals surface area contributed by atoms with Crippen LogP contribution in [0.2, 0.25) is 0 Å². The number of para-hydroxylation sites is 1. The number of alkyl halides is 3. The minimum Gasteiger partial charge on any atom is -0.355 e. The first kappa shape index (κ1) is 16.8. The predicted octanol–water partition coefficient (Wildman–Crippen LogP) is 5.69. The van der Waals surface area contributed by atoms with Gasteiger partial charge in [-0.25, -0.2) is 0 Å². The number of hydrogen-bond donors (Lipinski definition) is 1. The van der Waals surface area contributed by atoms with Gasteiger partial charge in [-0.2, -0.15) is 13.2 Å². The maximum Gasteiger partial charge on any atom is 0.416 e. The van der Waals surface area contributed by atoms with Crippen molar-refractivity contribution in [2.24, 2.45) is 0 Å². The summed E-state index contributed by atoms with van der Waals surface area (Å²) in [7, 11) is 0. The molecule has 1 heterocycles. The molecule has 0 aliphatic carbocycles. The van der Waals surface area contributed by atoms with Gasteiger partial charge in [0.05, 0.1) is 5.56 Å². The molecule has 24 heavy (non-hydrogen) atoms. The molecule has 0 radical (unpaired) electrons. The van der Waals surface area contributed by atoms with E-state index in [2.05, 4.69) is 15.5 Å². The van der Waals surface area contributed by atoms with Crippen LogP contribution in [-0.2, 0) is 6.18 Å². The summed E-state index contributed by atoms with van der Waals surface area (Å²) in [5.74, 6) is 0. The van der Waals surface area contributed by atoms with Crippen molar-refractivity contribution in [3.05, 3.63) is 54.1 Å². The molecule has 0 aliphatic rings. The van der Waals surface area contributed by atoms with E-state index in [1.165, 1.54) is 29.2 Å². The fourth-order valence-corrected chi connectivity index (χ4v) is 3.42. The molecule has 1 aromatic heterocycles. The van der Waals surface area contributed by atoms with Crippen molar-refractivity contribution in [2.75, 3.05) is 11.6 Å². The van der Waals surface area contributed by atoms with Gasteiger partial charge in [0.1, 0.15) is 0 Å². The Morgan fingerprint density at radius 1 is 1.04 bits per heavy atom. The van der Waals surface area contributed by atoms with E-state index in [0.717, 1.165) is 27.0 Å². The van der Waals surface area contributed by atoms with Gasteiger partial charge in [-0.3, -0.25) is 0 Å². The van der Waals surface area contributed by atoms with Crippen molar-refractivity contribution in [1.29, 1.82) is 0 Å². The fourth-order valence-electron chi connectivity index (χ4n) is 2.11. The first-order valence-corrected chi connectivity index (χ1v) is 8.92. The molecular weight excluding hydrogens is 355 g/mol.